The average molecular weight is 288 g/mol. The Bertz CT molecular complexity index is 474. The SMILES string of the molecule is Cc1ccc(N2CCC(C(=O)NC3CCCC3)CC2)nn1. The summed E-state index contributed by atoms with van der Waals surface area (Å²) >= 11 is 0. The van der Waals surface area contributed by atoms with E-state index in [0.717, 1.165) is 50.3 Å². The predicted octanol–water partition coefficient (Wildman–Crippen LogP) is 2.06. The van der Waals surface area contributed by atoms with Gasteiger partial charge in [0.25, 0.3) is 0 Å². The Labute approximate surface area is 126 Å². The third-order valence-electron chi connectivity index (χ3n) is 4.68. The first-order valence-corrected chi connectivity index (χ1v) is 8.08. The van der Waals surface area contributed by atoms with Crippen LogP contribution in [0.25, 0.3) is 0 Å². The number of amides is 1. The van der Waals surface area contributed by atoms with E-state index in [1.165, 1.54) is 12.8 Å². The number of hydrogen-bond donors (Lipinski definition) is 1. The molecule has 1 aromatic heterocycles. The summed E-state index contributed by atoms with van der Waals surface area (Å²) in [6.07, 6.45) is 6.65. The number of aryl methyl sites for hydroxylation is 1. The van der Waals surface area contributed by atoms with Gasteiger partial charge in [-0.25, -0.2) is 0 Å². The number of nitrogens with one attached hydrogen (secondary N) is 1. The largest absolute Gasteiger partial charge is 0.355 e. The highest BCUT2D eigenvalue weighted by Crippen LogP contribution is 2.23. The van der Waals surface area contributed by atoms with Gasteiger partial charge >= 0.3 is 0 Å². The van der Waals surface area contributed by atoms with E-state index in [9.17, 15) is 4.79 Å². The Hall–Kier alpha value is -1.65. The molecule has 1 aliphatic carbocycles. The molecule has 2 fully saturated rings. The third kappa shape index (κ3) is 3.52. The third-order valence-corrected chi connectivity index (χ3v) is 4.68. The van der Waals surface area contributed by atoms with Gasteiger partial charge in [0.15, 0.2) is 5.82 Å². The van der Waals surface area contributed by atoms with E-state index in [1.54, 1.807) is 0 Å². The zero-order valence-corrected chi connectivity index (χ0v) is 12.7. The van der Waals surface area contributed by atoms with E-state index in [4.69, 9.17) is 0 Å². The van der Waals surface area contributed by atoms with Gasteiger partial charge in [0.2, 0.25) is 5.91 Å². The lowest BCUT2D eigenvalue weighted by Gasteiger charge is -2.32. The van der Waals surface area contributed by atoms with Gasteiger partial charge in [-0.1, -0.05) is 12.8 Å². The molecule has 1 N–H and O–H groups in total. The molecule has 1 amide bonds. The molecule has 1 saturated carbocycles. The molecule has 21 heavy (non-hydrogen) atoms. The van der Waals surface area contributed by atoms with Gasteiger partial charge in [-0.15, -0.1) is 5.10 Å². The van der Waals surface area contributed by atoms with E-state index in [2.05, 4.69) is 20.4 Å². The van der Waals surface area contributed by atoms with Gasteiger partial charge in [0.1, 0.15) is 0 Å². The van der Waals surface area contributed by atoms with Crippen molar-refractivity contribution in [3.8, 4) is 0 Å². The van der Waals surface area contributed by atoms with Crippen LogP contribution in [0, 0.1) is 12.8 Å². The highest BCUT2D eigenvalue weighted by Gasteiger charge is 2.27. The maximum atomic E-state index is 12.3. The Morgan fingerprint density at radius 2 is 1.86 bits per heavy atom. The number of carbonyl (C=O) groups is 1. The normalized spacial score (nSPS) is 20.7. The molecule has 0 spiro atoms. The van der Waals surface area contributed by atoms with Crippen LogP contribution in [-0.4, -0.2) is 35.2 Å². The molecule has 1 saturated heterocycles. The van der Waals surface area contributed by atoms with E-state index < -0.39 is 0 Å². The zero-order valence-electron chi connectivity index (χ0n) is 12.7. The Morgan fingerprint density at radius 1 is 1.14 bits per heavy atom. The number of anilines is 1. The molecular weight excluding hydrogens is 264 g/mol. The topological polar surface area (TPSA) is 58.1 Å². The fraction of sp³-hybridized carbons (Fsp3) is 0.688. The number of nitrogens with zero attached hydrogens (tertiary/aromatic N) is 3. The highest BCUT2D eigenvalue weighted by atomic mass is 16.1. The van der Waals surface area contributed by atoms with Crippen LogP contribution in [0.1, 0.15) is 44.2 Å². The predicted molar refractivity (Wildman–Crippen MR) is 82.1 cm³/mol. The summed E-state index contributed by atoms with van der Waals surface area (Å²) in [6.45, 7) is 3.72. The molecule has 0 aromatic carbocycles. The molecule has 1 aromatic rings. The summed E-state index contributed by atoms with van der Waals surface area (Å²) in [7, 11) is 0. The van der Waals surface area contributed by atoms with Crippen LogP contribution < -0.4 is 10.2 Å². The second-order valence-corrected chi connectivity index (χ2v) is 6.28. The van der Waals surface area contributed by atoms with Crippen molar-refractivity contribution >= 4 is 11.7 Å². The van der Waals surface area contributed by atoms with E-state index >= 15 is 0 Å². The van der Waals surface area contributed by atoms with E-state index in [1.807, 2.05) is 19.1 Å². The van der Waals surface area contributed by atoms with Crippen molar-refractivity contribution in [2.24, 2.45) is 5.92 Å². The minimum Gasteiger partial charge on any atom is -0.355 e. The fourth-order valence-electron chi connectivity index (χ4n) is 3.32. The summed E-state index contributed by atoms with van der Waals surface area (Å²) in [5.74, 6) is 1.35. The first-order valence-electron chi connectivity index (χ1n) is 8.08. The molecule has 0 radical (unpaired) electrons. The molecule has 114 valence electrons. The summed E-state index contributed by atoms with van der Waals surface area (Å²) in [6, 6.07) is 4.43. The number of rotatable bonds is 3. The maximum Gasteiger partial charge on any atom is 0.223 e. The number of aromatic nitrogens is 2. The second-order valence-electron chi connectivity index (χ2n) is 6.28. The summed E-state index contributed by atoms with van der Waals surface area (Å²) in [4.78, 5) is 14.5. The maximum absolute atomic E-state index is 12.3. The molecule has 0 unspecified atom stereocenters. The number of carbonyl (C=O) groups excluding carboxylic acids is 1. The molecule has 0 bridgehead atoms. The lowest BCUT2D eigenvalue weighted by atomic mass is 9.95. The van der Waals surface area contributed by atoms with Crippen molar-refractivity contribution in [2.75, 3.05) is 18.0 Å². The van der Waals surface area contributed by atoms with Gasteiger partial charge in [0.05, 0.1) is 5.69 Å². The van der Waals surface area contributed by atoms with Gasteiger partial charge < -0.3 is 10.2 Å². The van der Waals surface area contributed by atoms with E-state index in [0.29, 0.717) is 6.04 Å². The number of hydrogen-bond acceptors (Lipinski definition) is 4. The molecule has 2 heterocycles. The van der Waals surface area contributed by atoms with Crippen molar-refractivity contribution < 1.29 is 4.79 Å². The lowest BCUT2D eigenvalue weighted by molar-refractivity contribution is -0.126. The quantitative estimate of drug-likeness (QED) is 0.925. The van der Waals surface area contributed by atoms with Crippen molar-refractivity contribution in [1.29, 1.82) is 0 Å². The van der Waals surface area contributed by atoms with Crippen LogP contribution in [0.2, 0.25) is 0 Å². The summed E-state index contributed by atoms with van der Waals surface area (Å²) in [5.41, 5.74) is 0.935. The summed E-state index contributed by atoms with van der Waals surface area (Å²) in [5, 5.41) is 11.6. The zero-order chi connectivity index (χ0) is 14.7. The van der Waals surface area contributed by atoms with Crippen molar-refractivity contribution in [3.63, 3.8) is 0 Å². The Morgan fingerprint density at radius 3 is 2.48 bits per heavy atom. The van der Waals surface area contributed by atoms with Crippen molar-refractivity contribution in [1.82, 2.24) is 15.5 Å². The fourth-order valence-corrected chi connectivity index (χ4v) is 3.32. The smallest absolute Gasteiger partial charge is 0.223 e. The van der Waals surface area contributed by atoms with Gasteiger partial charge in [-0.05, 0) is 44.7 Å². The Balaban J connectivity index is 1.50. The molecule has 0 atom stereocenters. The van der Waals surface area contributed by atoms with Crippen molar-refractivity contribution in [3.05, 3.63) is 17.8 Å². The number of piperidine rings is 1. The molecule has 2 aliphatic rings. The van der Waals surface area contributed by atoms with Crippen LogP contribution in [0.4, 0.5) is 5.82 Å². The van der Waals surface area contributed by atoms with Gasteiger partial charge in [-0.3, -0.25) is 4.79 Å². The minimum absolute atomic E-state index is 0.167. The average Bonchev–Trinajstić information content (AvgIpc) is 3.01. The Kier molecular flexibility index (Phi) is 4.36. The molecular formula is C16H24N4O. The van der Waals surface area contributed by atoms with E-state index in [-0.39, 0.29) is 11.8 Å². The van der Waals surface area contributed by atoms with Crippen LogP contribution in [0.15, 0.2) is 12.1 Å². The van der Waals surface area contributed by atoms with Gasteiger partial charge in [0, 0.05) is 25.0 Å². The molecule has 1 aliphatic heterocycles. The van der Waals surface area contributed by atoms with Crippen LogP contribution in [-0.2, 0) is 4.79 Å². The highest BCUT2D eigenvalue weighted by molar-refractivity contribution is 5.79. The first-order chi connectivity index (χ1) is 10.2. The molecule has 5 heteroatoms. The molecule has 5 nitrogen and oxygen atoms in total. The lowest BCUT2D eigenvalue weighted by Crippen LogP contribution is -2.43. The van der Waals surface area contributed by atoms with Crippen LogP contribution in [0.5, 0.6) is 0 Å². The van der Waals surface area contributed by atoms with Crippen LogP contribution >= 0.6 is 0 Å². The standard InChI is InChI=1S/C16H24N4O/c1-12-6-7-15(19-18-12)20-10-8-13(9-11-20)16(21)17-14-4-2-3-5-14/h6-7,13-14H,2-5,8-11H2,1H3,(H,17,21). The monoisotopic (exact) mass is 288 g/mol. The summed E-state index contributed by atoms with van der Waals surface area (Å²) < 4.78 is 0. The first kappa shape index (κ1) is 14.3. The second kappa shape index (κ2) is 6.41. The minimum atomic E-state index is 0.167. The van der Waals surface area contributed by atoms with Crippen LogP contribution in [0.3, 0.4) is 0 Å². The van der Waals surface area contributed by atoms with Crippen molar-refractivity contribution in [2.45, 2.75) is 51.5 Å². The molecule has 3 rings (SSSR count). The van der Waals surface area contributed by atoms with Gasteiger partial charge in [-0.2, -0.15) is 5.10 Å².